The summed E-state index contributed by atoms with van der Waals surface area (Å²) in [6.45, 7) is 2.99. The number of hydrogen-bond donors (Lipinski definition) is 1. The fraction of sp³-hybridized carbons (Fsp3) is 0.400. The highest BCUT2D eigenvalue weighted by Gasteiger charge is 2.17. The third-order valence-corrected chi connectivity index (χ3v) is 3.53. The Morgan fingerprint density at radius 3 is 2.80 bits per heavy atom. The first-order chi connectivity index (χ1) is 9.61. The Morgan fingerprint density at radius 2 is 2.20 bits per heavy atom. The van der Waals surface area contributed by atoms with Gasteiger partial charge in [-0.1, -0.05) is 24.6 Å². The molecular formula is C15H19ClFN3. The van der Waals surface area contributed by atoms with E-state index in [2.05, 4.69) is 17.3 Å². The van der Waals surface area contributed by atoms with Crippen molar-refractivity contribution in [2.75, 3.05) is 6.54 Å². The average molecular weight is 296 g/mol. The summed E-state index contributed by atoms with van der Waals surface area (Å²) in [4.78, 5) is 0. The maximum atomic E-state index is 13.9. The molecule has 0 spiro atoms. The molecule has 0 fully saturated rings. The lowest BCUT2D eigenvalue weighted by atomic mass is 10.0. The number of nitrogens with one attached hydrogen (secondary N) is 1. The van der Waals surface area contributed by atoms with Gasteiger partial charge in [-0.2, -0.15) is 5.10 Å². The summed E-state index contributed by atoms with van der Waals surface area (Å²) in [6.07, 6.45) is 3.36. The van der Waals surface area contributed by atoms with Crippen molar-refractivity contribution in [3.8, 4) is 0 Å². The van der Waals surface area contributed by atoms with Crippen LogP contribution in [0.15, 0.2) is 30.5 Å². The van der Waals surface area contributed by atoms with E-state index in [-0.39, 0.29) is 11.9 Å². The maximum absolute atomic E-state index is 13.9. The molecule has 0 aliphatic rings. The van der Waals surface area contributed by atoms with Crippen molar-refractivity contribution >= 4 is 11.6 Å². The number of benzene rings is 1. The molecule has 1 N–H and O–H groups in total. The first-order valence-corrected chi connectivity index (χ1v) is 7.14. The van der Waals surface area contributed by atoms with Gasteiger partial charge in [0, 0.05) is 18.3 Å². The topological polar surface area (TPSA) is 29.9 Å². The lowest BCUT2D eigenvalue weighted by molar-refractivity contribution is 0.483. The zero-order valence-corrected chi connectivity index (χ0v) is 12.5. The van der Waals surface area contributed by atoms with Crippen LogP contribution in [0.25, 0.3) is 0 Å². The molecule has 1 aromatic heterocycles. The van der Waals surface area contributed by atoms with Crippen LogP contribution in [0.5, 0.6) is 0 Å². The van der Waals surface area contributed by atoms with Crippen molar-refractivity contribution in [2.45, 2.75) is 25.8 Å². The highest BCUT2D eigenvalue weighted by atomic mass is 35.5. The average Bonchev–Trinajstić information content (AvgIpc) is 2.83. The van der Waals surface area contributed by atoms with E-state index in [1.807, 2.05) is 17.8 Å². The Bertz CT molecular complexity index is 568. The highest BCUT2D eigenvalue weighted by Crippen LogP contribution is 2.22. The summed E-state index contributed by atoms with van der Waals surface area (Å²) in [7, 11) is 1.90. The van der Waals surface area contributed by atoms with Gasteiger partial charge in [0.15, 0.2) is 0 Å². The Labute approximate surface area is 123 Å². The number of aromatic nitrogens is 2. The summed E-state index contributed by atoms with van der Waals surface area (Å²) in [5, 5.41) is 8.05. The molecule has 2 rings (SSSR count). The van der Waals surface area contributed by atoms with Crippen LogP contribution in [0.4, 0.5) is 4.39 Å². The van der Waals surface area contributed by atoms with Crippen molar-refractivity contribution in [2.24, 2.45) is 7.05 Å². The molecule has 1 atom stereocenters. The molecular weight excluding hydrogens is 277 g/mol. The number of aryl methyl sites for hydroxylation is 1. The minimum atomic E-state index is -0.261. The summed E-state index contributed by atoms with van der Waals surface area (Å²) >= 11 is 5.79. The molecule has 1 aromatic carbocycles. The van der Waals surface area contributed by atoms with Gasteiger partial charge in [0.2, 0.25) is 0 Å². The van der Waals surface area contributed by atoms with Crippen molar-refractivity contribution in [1.29, 1.82) is 0 Å². The molecule has 3 nitrogen and oxygen atoms in total. The molecule has 0 amide bonds. The van der Waals surface area contributed by atoms with Crippen molar-refractivity contribution in [3.05, 3.63) is 52.6 Å². The van der Waals surface area contributed by atoms with Crippen molar-refractivity contribution < 1.29 is 4.39 Å². The monoisotopic (exact) mass is 295 g/mol. The Morgan fingerprint density at radius 1 is 1.40 bits per heavy atom. The molecule has 5 heteroatoms. The van der Waals surface area contributed by atoms with Gasteiger partial charge in [0.05, 0.1) is 11.7 Å². The number of hydrogen-bond acceptors (Lipinski definition) is 2. The lowest BCUT2D eigenvalue weighted by Crippen LogP contribution is -2.26. The van der Waals surface area contributed by atoms with E-state index >= 15 is 0 Å². The van der Waals surface area contributed by atoms with E-state index in [4.69, 9.17) is 11.6 Å². The molecule has 0 aliphatic heterocycles. The van der Waals surface area contributed by atoms with Crippen LogP contribution in [0.3, 0.4) is 0 Å². The van der Waals surface area contributed by atoms with Gasteiger partial charge in [0.1, 0.15) is 5.82 Å². The second-order valence-corrected chi connectivity index (χ2v) is 5.26. The Balaban J connectivity index is 2.21. The van der Waals surface area contributed by atoms with Crippen LogP contribution < -0.4 is 5.32 Å². The van der Waals surface area contributed by atoms with Gasteiger partial charge in [-0.05, 0) is 43.1 Å². The minimum Gasteiger partial charge on any atom is -0.308 e. The van der Waals surface area contributed by atoms with Crippen molar-refractivity contribution in [1.82, 2.24) is 15.1 Å². The number of halogens is 2. The first-order valence-electron chi connectivity index (χ1n) is 6.77. The van der Waals surface area contributed by atoms with Crippen LogP contribution in [-0.4, -0.2) is 16.3 Å². The van der Waals surface area contributed by atoms with Crippen molar-refractivity contribution in [3.63, 3.8) is 0 Å². The quantitative estimate of drug-likeness (QED) is 0.884. The normalized spacial score (nSPS) is 12.6. The Hall–Kier alpha value is -1.39. The summed E-state index contributed by atoms with van der Waals surface area (Å²) in [5.41, 5.74) is 1.71. The number of nitrogens with zero attached hydrogens (tertiary/aromatic N) is 2. The maximum Gasteiger partial charge on any atom is 0.127 e. The van der Waals surface area contributed by atoms with Crippen LogP contribution >= 0.6 is 11.6 Å². The first kappa shape index (κ1) is 15.0. The highest BCUT2D eigenvalue weighted by molar-refractivity contribution is 6.30. The smallest absolute Gasteiger partial charge is 0.127 e. The van der Waals surface area contributed by atoms with E-state index in [0.717, 1.165) is 18.7 Å². The van der Waals surface area contributed by atoms with Gasteiger partial charge in [-0.15, -0.1) is 0 Å². The molecule has 0 radical (unpaired) electrons. The SMILES string of the molecule is CCCNC(Cc1ccc(Cl)cc1F)c1ccnn1C. The summed E-state index contributed by atoms with van der Waals surface area (Å²) in [6, 6.07) is 6.82. The molecule has 1 heterocycles. The third kappa shape index (κ3) is 3.58. The number of rotatable bonds is 6. The predicted molar refractivity (Wildman–Crippen MR) is 79.4 cm³/mol. The largest absolute Gasteiger partial charge is 0.308 e. The van der Waals surface area contributed by atoms with E-state index < -0.39 is 0 Å². The lowest BCUT2D eigenvalue weighted by Gasteiger charge is -2.19. The zero-order chi connectivity index (χ0) is 14.5. The van der Waals surface area contributed by atoms with E-state index in [0.29, 0.717) is 17.0 Å². The van der Waals surface area contributed by atoms with Gasteiger partial charge < -0.3 is 5.32 Å². The standard InChI is InChI=1S/C15H19ClFN3/c1-3-7-18-14(15-6-8-19-20(15)2)9-11-4-5-12(16)10-13(11)17/h4-6,8,10,14,18H,3,7,9H2,1-2H3. The van der Waals surface area contributed by atoms with E-state index in [1.54, 1.807) is 18.3 Å². The summed E-state index contributed by atoms with van der Waals surface area (Å²) < 4.78 is 15.8. The van der Waals surface area contributed by atoms with Gasteiger partial charge in [-0.25, -0.2) is 4.39 Å². The minimum absolute atomic E-state index is 0.0399. The molecule has 0 bridgehead atoms. The van der Waals surface area contributed by atoms with Gasteiger partial charge in [0.25, 0.3) is 0 Å². The molecule has 0 saturated heterocycles. The fourth-order valence-corrected chi connectivity index (χ4v) is 2.39. The molecule has 0 saturated carbocycles. The second-order valence-electron chi connectivity index (χ2n) is 4.83. The fourth-order valence-electron chi connectivity index (χ4n) is 2.23. The predicted octanol–water partition coefficient (Wildman–Crippen LogP) is 3.50. The molecule has 108 valence electrons. The zero-order valence-electron chi connectivity index (χ0n) is 11.7. The second kappa shape index (κ2) is 6.86. The summed E-state index contributed by atoms with van der Waals surface area (Å²) in [5.74, 6) is -0.261. The molecule has 2 aromatic rings. The van der Waals surface area contributed by atoms with Gasteiger partial charge >= 0.3 is 0 Å². The van der Waals surface area contributed by atoms with Crippen LogP contribution in [0, 0.1) is 5.82 Å². The molecule has 0 aliphatic carbocycles. The van der Waals surface area contributed by atoms with E-state index in [9.17, 15) is 4.39 Å². The Kier molecular flexibility index (Phi) is 5.15. The van der Waals surface area contributed by atoms with Crippen LogP contribution in [0.1, 0.15) is 30.6 Å². The van der Waals surface area contributed by atoms with Crippen LogP contribution in [0.2, 0.25) is 5.02 Å². The van der Waals surface area contributed by atoms with Crippen LogP contribution in [-0.2, 0) is 13.5 Å². The molecule has 1 unspecified atom stereocenters. The molecule has 20 heavy (non-hydrogen) atoms. The van der Waals surface area contributed by atoms with E-state index in [1.165, 1.54) is 6.07 Å². The van der Waals surface area contributed by atoms with Gasteiger partial charge in [-0.3, -0.25) is 4.68 Å². The third-order valence-electron chi connectivity index (χ3n) is 3.30.